The Morgan fingerprint density at radius 2 is 2.00 bits per heavy atom. The molecule has 2 nitrogen and oxygen atoms in total. The van der Waals surface area contributed by atoms with Gasteiger partial charge in [0, 0.05) is 13.0 Å². The van der Waals surface area contributed by atoms with Crippen LogP contribution in [0, 0.1) is 11.3 Å². The summed E-state index contributed by atoms with van der Waals surface area (Å²) in [5.41, 5.74) is 0. The van der Waals surface area contributed by atoms with Gasteiger partial charge >= 0.3 is 1.43 Å². The van der Waals surface area contributed by atoms with E-state index in [0.717, 1.165) is 6.54 Å². The van der Waals surface area contributed by atoms with Crippen molar-refractivity contribution in [2.24, 2.45) is 0 Å². The zero-order valence-electron chi connectivity index (χ0n) is 7.34. The first-order valence-electron chi connectivity index (χ1n) is 4.03. The lowest BCUT2D eigenvalue weighted by atomic mass is 10.1. The van der Waals surface area contributed by atoms with Crippen LogP contribution >= 0.6 is 0 Å². The zero-order chi connectivity index (χ0) is 7.23. The van der Waals surface area contributed by atoms with Crippen molar-refractivity contribution in [2.75, 3.05) is 19.6 Å². The molecule has 0 aliphatic carbocycles. The van der Waals surface area contributed by atoms with E-state index < -0.39 is 0 Å². The summed E-state index contributed by atoms with van der Waals surface area (Å²) in [6.45, 7) is 3.40. The molecule has 1 fully saturated rings. The number of hydrogen-bond donors (Lipinski definition) is 0. The molecule has 0 radical (unpaired) electrons. The van der Waals surface area contributed by atoms with Crippen molar-refractivity contribution >= 4 is 0 Å². The van der Waals surface area contributed by atoms with E-state index in [1.165, 1.54) is 32.4 Å². The van der Waals surface area contributed by atoms with Gasteiger partial charge in [-0.15, -0.1) is 0 Å². The number of likely N-dealkylation sites (tertiary alicyclic amines) is 1. The molecule has 10 heavy (non-hydrogen) atoms. The Hall–Kier alpha value is -0.550. The van der Waals surface area contributed by atoms with Crippen LogP contribution in [0.5, 0.6) is 0 Å². The molecule has 0 spiro atoms. The van der Waals surface area contributed by atoms with E-state index in [9.17, 15) is 0 Å². The lowest BCUT2D eigenvalue weighted by Gasteiger charge is -2.24. The maximum absolute atomic E-state index is 8.32. The van der Waals surface area contributed by atoms with Gasteiger partial charge in [0.15, 0.2) is 0 Å². The molecular formula is C8H15N2+. The second kappa shape index (κ2) is 4.29. The Bertz CT molecular complexity index is 125. The van der Waals surface area contributed by atoms with E-state index in [-0.39, 0.29) is 1.43 Å². The van der Waals surface area contributed by atoms with Crippen molar-refractivity contribution in [3.8, 4) is 6.07 Å². The first-order valence-corrected chi connectivity index (χ1v) is 4.03. The first kappa shape index (κ1) is 7.56. The highest BCUT2D eigenvalue weighted by atomic mass is 15.1. The molecule has 1 saturated heterocycles. The molecule has 2 heteroatoms. The number of piperidine rings is 1. The molecule has 0 saturated carbocycles. The first-order chi connectivity index (χ1) is 4.93. The molecule has 0 aromatic heterocycles. The lowest BCUT2D eigenvalue weighted by Crippen LogP contribution is -2.30. The number of hydrogen-bond acceptors (Lipinski definition) is 2. The molecule has 1 aliphatic heterocycles. The predicted octanol–water partition coefficient (Wildman–Crippen LogP) is 1.50. The molecule has 0 atom stereocenters. The van der Waals surface area contributed by atoms with Gasteiger partial charge in [0.1, 0.15) is 0 Å². The van der Waals surface area contributed by atoms with Crippen molar-refractivity contribution in [1.82, 2.24) is 4.90 Å². The molecule has 0 bridgehead atoms. The van der Waals surface area contributed by atoms with Gasteiger partial charge in [0.05, 0.1) is 6.07 Å². The third kappa shape index (κ3) is 2.36. The van der Waals surface area contributed by atoms with Crippen LogP contribution < -0.4 is 0 Å². The van der Waals surface area contributed by atoms with Gasteiger partial charge in [0.25, 0.3) is 0 Å². The van der Waals surface area contributed by atoms with E-state index in [2.05, 4.69) is 11.0 Å². The average molecular weight is 139 g/mol. The SMILES string of the molecule is N#CCCN1CCCCC1.[H+]. The smallest absolute Gasteiger partial charge is 0.302 e. The van der Waals surface area contributed by atoms with E-state index in [0.29, 0.717) is 6.42 Å². The Labute approximate surface area is 63.9 Å². The second-order valence-electron chi connectivity index (χ2n) is 2.81. The third-order valence-electron chi connectivity index (χ3n) is 1.99. The fraction of sp³-hybridized carbons (Fsp3) is 0.875. The highest BCUT2D eigenvalue weighted by Gasteiger charge is 2.07. The standard InChI is InChI=1S/C8H14N2/c9-5-4-8-10-6-2-1-3-7-10/h1-4,6-8H2/p+1. The minimum atomic E-state index is 0. The molecule has 0 N–H and O–H groups in total. The summed E-state index contributed by atoms with van der Waals surface area (Å²) >= 11 is 0. The van der Waals surface area contributed by atoms with E-state index in [1.54, 1.807) is 0 Å². The van der Waals surface area contributed by atoms with Crippen LogP contribution in [0.4, 0.5) is 0 Å². The molecule has 0 unspecified atom stereocenters. The monoisotopic (exact) mass is 139 g/mol. The van der Waals surface area contributed by atoms with Gasteiger partial charge in [-0.1, -0.05) is 6.42 Å². The quantitative estimate of drug-likeness (QED) is 0.579. The third-order valence-corrected chi connectivity index (χ3v) is 1.99. The van der Waals surface area contributed by atoms with Crippen LogP contribution in [0.15, 0.2) is 0 Å². The van der Waals surface area contributed by atoms with Crippen LogP contribution in [-0.2, 0) is 0 Å². The summed E-state index contributed by atoms with van der Waals surface area (Å²) in [4.78, 5) is 2.38. The average Bonchev–Trinajstić information content (AvgIpc) is 2.03. The fourth-order valence-electron chi connectivity index (χ4n) is 1.39. The molecule has 1 rings (SSSR count). The maximum Gasteiger partial charge on any atom is 1.00 e. The maximum atomic E-state index is 8.32. The van der Waals surface area contributed by atoms with Gasteiger partial charge in [-0.05, 0) is 25.9 Å². The molecule has 56 valence electrons. The molecule has 1 heterocycles. The summed E-state index contributed by atoms with van der Waals surface area (Å²) in [5, 5.41) is 8.32. The molecule has 1 aliphatic rings. The van der Waals surface area contributed by atoms with Gasteiger partial charge in [-0.2, -0.15) is 5.26 Å². The van der Waals surface area contributed by atoms with Crippen molar-refractivity contribution in [3.05, 3.63) is 0 Å². The number of rotatable bonds is 2. The molecule has 0 aromatic carbocycles. The molecular weight excluding hydrogens is 124 g/mol. The minimum Gasteiger partial charge on any atom is -0.302 e. The lowest BCUT2D eigenvalue weighted by molar-refractivity contribution is 0.233. The van der Waals surface area contributed by atoms with Gasteiger partial charge in [0.2, 0.25) is 0 Å². The van der Waals surface area contributed by atoms with Gasteiger partial charge in [-0.25, -0.2) is 0 Å². The normalized spacial score (nSPS) is 20.3. The van der Waals surface area contributed by atoms with Gasteiger partial charge in [-0.3, -0.25) is 0 Å². The van der Waals surface area contributed by atoms with Crippen LogP contribution in [0.25, 0.3) is 0 Å². The fourth-order valence-corrected chi connectivity index (χ4v) is 1.39. The highest BCUT2D eigenvalue weighted by molar-refractivity contribution is 4.73. The number of nitriles is 1. The summed E-state index contributed by atoms with van der Waals surface area (Å²) in [6, 6.07) is 2.17. The minimum absolute atomic E-state index is 0. The second-order valence-corrected chi connectivity index (χ2v) is 2.81. The predicted molar refractivity (Wildman–Crippen MR) is 41.6 cm³/mol. The van der Waals surface area contributed by atoms with Crippen molar-refractivity contribution in [3.63, 3.8) is 0 Å². The molecule has 0 amide bonds. The largest absolute Gasteiger partial charge is 1.00 e. The van der Waals surface area contributed by atoms with Crippen molar-refractivity contribution in [1.29, 1.82) is 5.26 Å². The van der Waals surface area contributed by atoms with E-state index in [4.69, 9.17) is 5.26 Å². The zero-order valence-corrected chi connectivity index (χ0v) is 6.34. The van der Waals surface area contributed by atoms with Crippen molar-refractivity contribution < 1.29 is 1.43 Å². The van der Waals surface area contributed by atoms with E-state index >= 15 is 0 Å². The summed E-state index contributed by atoms with van der Waals surface area (Å²) in [5.74, 6) is 0. The summed E-state index contributed by atoms with van der Waals surface area (Å²) < 4.78 is 0. The summed E-state index contributed by atoms with van der Waals surface area (Å²) in [7, 11) is 0. The highest BCUT2D eigenvalue weighted by Crippen LogP contribution is 2.07. The van der Waals surface area contributed by atoms with Crippen molar-refractivity contribution in [2.45, 2.75) is 25.7 Å². The Balaban J connectivity index is 0.000001000. The Morgan fingerprint density at radius 1 is 1.30 bits per heavy atom. The Kier molecular flexibility index (Phi) is 3.25. The van der Waals surface area contributed by atoms with Crippen LogP contribution in [-0.4, -0.2) is 24.5 Å². The van der Waals surface area contributed by atoms with E-state index in [1.807, 2.05) is 0 Å². The number of nitrogens with zero attached hydrogens (tertiary/aromatic N) is 2. The van der Waals surface area contributed by atoms with Gasteiger partial charge < -0.3 is 4.90 Å². The topological polar surface area (TPSA) is 27.0 Å². The van der Waals surface area contributed by atoms with Crippen LogP contribution in [0.2, 0.25) is 0 Å². The van der Waals surface area contributed by atoms with Crippen LogP contribution in [0.3, 0.4) is 0 Å². The molecule has 0 aromatic rings. The Morgan fingerprint density at radius 3 is 2.60 bits per heavy atom. The van der Waals surface area contributed by atoms with Crippen LogP contribution in [0.1, 0.15) is 27.1 Å². The summed E-state index contributed by atoms with van der Waals surface area (Å²) in [6.07, 6.45) is 4.72.